The molecule has 1 aromatic rings. The number of likely N-dealkylation sites (tertiary alicyclic amines) is 1. The Kier molecular flexibility index (Phi) is 4.56. The van der Waals surface area contributed by atoms with Crippen molar-refractivity contribution in [3.63, 3.8) is 0 Å². The lowest BCUT2D eigenvalue weighted by Gasteiger charge is -2.32. The number of hydrogen-bond donors (Lipinski definition) is 0. The Balaban J connectivity index is 1.99. The Morgan fingerprint density at radius 3 is 3.18 bits per heavy atom. The van der Waals surface area contributed by atoms with E-state index in [0.717, 1.165) is 36.3 Å². The molecule has 1 fully saturated rings. The highest BCUT2D eigenvalue weighted by atomic mass is 79.9. The number of carbonyl (C=O) groups is 1. The van der Waals surface area contributed by atoms with E-state index in [2.05, 4.69) is 20.9 Å². The molecule has 1 unspecified atom stereocenters. The van der Waals surface area contributed by atoms with Gasteiger partial charge in [-0.1, -0.05) is 15.9 Å². The van der Waals surface area contributed by atoms with Crippen molar-refractivity contribution >= 4 is 33.2 Å². The van der Waals surface area contributed by atoms with Crippen LogP contribution < -0.4 is 0 Å². The number of carbonyl (C=O) groups excluding carboxylic acids is 1. The standard InChI is InChI=1S/C12H17BrN2OS/c1-9-14-11(8-17-9)12(16)15-6-2-3-10(7-15)4-5-13/h8,10H,2-7H2,1H3. The number of amides is 1. The van der Waals surface area contributed by atoms with E-state index in [9.17, 15) is 4.79 Å². The minimum atomic E-state index is 0.105. The van der Waals surface area contributed by atoms with Crippen LogP contribution >= 0.6 is 27.3 Å². The van der Waals surface area contributed by atoms with Gasteiger partial charge in [-0.05, 0) is 32.1 Å². The van der Waals surface area contributed by atoms with Gasteiger partial charge in [0.25, 0.3) is 5.91 Å². The van der Waals surface area contributed by atoms with Crippen LogP contribution in [-0.4, -0.2) is 34.2 Å². The first-order valence-electron chi connectivity index (χ1n) is 5.98. The monoisotopic (exact) mass is 316 g/mol. The van der Waals surface area contributed by atoms with Gasteiger partial charge in [-0.25, -0.2) is 4.98 Å². The molecule has 0 saturated carbocycles. The predicted molar refractivity (Wildman–Crippen MR) is 73.9 cm³/mol. The van der Waals surface area contributed by atoms with Crippen LogP contribution in [0.25, 0.3) is 0 Å². The Bertz CT molecular complexity index is 392. The smallest absolute Gasteiger partial charge is 0.273 e. The quantitative estimate of drug-likeness (QED) is 0.803. The molecule has 0 aliphatic carbocycles. The first kappa shape index (κ1) is 13.0. The zero-order chi connectivity index (χ0) is 12.3. The summed E-state index contributed by atoms with van der Waals surface area (Å²) in [6.07, 6.45) is 3.51. The van der Waals surface area contributed by atoms with E-state index in [1.165, 1.54) is 6.42 Å². The lowest BCUT2D eigenvalue weighted by atomic mass is 9.95. The van der Waals surface area contributed by atoms with Gasteiger partial charge < -0.3 is 4.90 Å². The molecule has 94 valence electrons. The maximum Gasteiger partial charge on any atom is 0.273 e. The van der Waals surface area contributed by atoms with E-state index < -0.39 is 0 Å². The normalized spacial score (nSPS) is 20.6. The second kappa shape index (κ2) is 5.96. The van der Waals surface area contributed by atoms with Crippen LogP contribution in [0.15, 0.2) is 5.38 Å². The van der Waals surface area contributed by atoms with Gasteiger partial charge in [0.15, 0.2) is 0 Å². The van der Waals surface area contributed by atoms with Crippen molar-refractivity contribution < 1.29 is 4.79 Å². The summed E-state index contributed by atoms with van der Waals surface area (Å²) in [6.45, 7) is 3.71. The molecule has 1 aliphatic heterocycles. The first-order valence-corrected chi connectivity index (χ1v) is 7.98. The van der Waals surface area contributed by atoms with Gasteiger partial charge in [0.1, 0.15) is 5.69 Å². The highest BCUT2D eigenvalue weighted by molar-refractivity contribution is 9.09. The molecule has 5 heteroatoms. The average molecular weight is 317 g/mol. The molecule has 1 saturated heterocycles. The van der Waals surface area contributed by atoms with Crippen LogP contribution in [-0.2, 0) is 0 Å². The van der Waals surface area contributed by atoms with Gasteiger partial charge in [0, 0.05) is 23.8 Å². The van der Waals surface area contributed by atoms with Crippen molar-refractivity contribution in [3.05, 3.63) is 16.1 Å². The molecule has 0 radical (unpaired) electrons. The molecule has 2 rings (SSSR count). The number of thiazole rings is 1. The average Bonchev–Trinajstić information content (AvgIpc) is 2.76. The van der Waals surface area contributed by atoms with E-state index in [0.29, 0.717) is 11.6 Å². The molecule has 2 heterocycles. The van der Waals surface area contributed by atoms with E-state index >= 15 is 0 Å². The largest absolute Gasteiger partial charge is 0.337 e. The second-order valence-electron chi connectivity index (χ2n) is 4.49. The number of alkyl halides is 1. The Morgan fingerprint density at radius 2 is 2.53 bits per heavy atom. The third-order valence-electron chi connectivity index (χ3n) is 3.16. The maximum absolute atomic E-state index is 12.2. The number of nitrogens with zero attached hydrogens (tertiary/aromatic N) is 2. The number of rotatable bonds is 3. The molecular weight excluding hydrogens is 300 g/mol. The van der Waals surface area contributed by atoms with Crippen molar-refractivity contribution in [2.45, 2.75) is 26.2 Å². The van der Waals surface area contributed by atoms with E-state index in [-0.39, 0.29) is 5.91 Å². The second-order valence-corrected chi connectivity index (χ2v) is 6.34. The van der Waals surface area contributed by atoms with Crippen molar-refractivity contribution in [2.75, 3.05) is 18.4 Å². The highest BCUT2D eigenvalue weighted by Gasteiger charge is 2.25. The molecule has 1 amide bonds. The fourth-order valence-corrected chi connectivity index (χ4v) is 3.50. The van der Waals surface area contributed by atoms with Crippen LogP contribution in [0.1, 0.15) is 34.8 Å². The maximum atomic E-state index is 12.2. The molecule has 0 aromatic carbocycles. The van der Waals surface area contributed by atoms with Gasteiger partial charge in [-0.3, -0.25) is 4.79 Å². The number of piperidine rings is 1. The molecule has 0 N–H and O–H groups in total. The van der Waals surface area contributed by atoms with Crippen LogP contribution in [0, 0.1) is 12.8 Å². The molecule has 0 spiro atoms. The zero-order valence-corrected chi connectivity index (χ0v) is 12.4. The SMILES string of the molecule is Cc1nc(C(=O)N2CCCC(CCBr)C2)cs1. The molecule has 1 aromatic heterocycles. The summed E-state index contributed by atoms with van der Waals surface area (Å²) in [5.41, 5.74) is 0.618. The highest BCUT2D eigenvalue weighted by Crippen LogP contribution is 2.22. The van der Waals surface area contributed by atoms with Gasteiger partial charge in [-0.2, -0.15) is 0 Å². The van der Waals surface area contributed by atoms with Crippen molar-refractivity contribution in [3.8, 4) is 0 Å². The van der Waals surface area contributed by atoms with E-state index in [1.807, 2.05) is 17.2 Å². The number of aryl methyl sites for hydroxylation is 1. The first-order chi connectivity index (χ1) is 8.20. The number of halogens is 1. The Labute approximate surface area is 114 Å². The zero-order valence-electron chi connectivity index (χ0n) is 9.99. The Morgan fingerprint density at radius 1 is 1.71 bits per heavy atom. The predicted octanol–water partition coefficient (Wildman–Crippen LogP) is 3.09. The third-order valence-corrected chi connectivity index (χ3v) is 4.39. The Hall–Kier alpha value is -0.420. The van der Waals surface area contributed by atoms with Crippen molar-refractivity contribution in [1.29, 1.82) is 0 Å². The molecule has 17 heavy (non-hydrogen) atoms. The summed E-state index contributed by atoms with van der Waals surface area (Å²) in [7, 11) is 0. The lowest BCUT2D eigenvalue weighted by molar-refractivity contribution is 0.0666. The fourth-order valence-electron chi connectivity index (χ4n) is 2.26. The summed E-state index contributed by atoms with van der Waals surface area (Å²) in [4.78, 5) is 18.5. The van der Waals surface area contributed by atoms with Crippen LogP contribution in [0.5, 0.6) is 0 Å². The molecule has 1 aliphatic rings. The van der Waals surface area contributed by atoms with Crippen LogP contribution in [0.3, 0.4) is 0 Å². The molecule has 1 atom stereocenters. The third kappa shape index (κ3) is 3.28. The van der Waals surface area contributed by atoms with Crippen molar-refractivity contribution in [1.82, 2.24) is 9.88 Å². The minimum absolute atomic E-state index is 0.105. The van der Waals surface area contributed by atoms with Crippen LogP contribution in [0.2, 0.25) is 0 Å². The molecule has 3 nitrogen and oxygen atoms in total. The number of hydrogen-bond acceptors (Lipinski definition) is 3. The minimum Gasteiger partial charge on any atom is -0.337 e. The molecule has 0 bridgehead atoms. The van der Waals surface area contributed by atoms with Crippen molar-refractivity contribution in [2.24, 2.45) is 5.92 Å². The summed E-state index contributed by atoms with van der Waals surface area (Å²) in [5.74, 6) is 0.750. The van der Waals surface area contributed by atoms with E-state index in [1.54, 1.807) is 11.3 Å². The molecular formula is C12H17BrN2OS. The fraction of sp³-hybridized carbons (Fsp3) is 0.667. The summed E-state index contributed by atoms with van der Waals surface area (Å²) >= 11 is 5.02. The van der Waals surface area contributed by atoms with E-state index in [4.69, 9.17) is 0 Å². The summed E-state index contributed by atoms with van der Waals surface area (Å²) < 4.78 is 0. The van der Waals surface area contributed by atoms with Crippen LogP contribution in [0.4, 0.5) is 0 Å². The summed E-state index contributed by atoms with van der Waals surface area (Å²) in [6, 6.07) is 0. The van der Waals surface area contributed by atoms with Gasteiger partial charge >= 0.3 is 0 Å². The van der Waals surface area contributed by atoms with Gasteiger partial charge in [0.2, 0.25) is 0 Å². The topological polar surface area (TPSA) is 33.2 Å². The number of aromatic nitrogens is 1. The lowest BCUT2D eigenvalue weighted by Crippen LogP contribution is -2.40. The van der Waals surface area contributed by atoms with Gasteiger partial charge in [0.05, 0.1) is 5.01 Å². The summed E-state index contributed by atoms with van der Waals surface area (Å²) in [5, 5.41) is 3.85. The van der Waals surface area contributed by atoms with Gasteiger partial charge in [-0.15, -0.1) is 11.3 Å².